The minimum atomic E-state index is -4.90. The summed E-state index contributed by atoms with van der Waals surface area (Å²) in [5.74, 6) is -2.99. The molecule has 10 heteroatoms. The zero-order chi connectivity index (χ0) is 19.1. The molecule has 7 nitrogen and oxygen atoms in total. The van der Waals surface area contributed by atoms with Gasteiger partial charge in [-0.05, 0) is 12.1 Å². The number of para-hydroxylation sites is 1. The number of methoxy groups -OCH3 is 2. The maximum absolute atomic E-state index is 13.5. The number of carbonyl (C=O) groups excluding carboxylic acids is 2. The number of benzene rings is 1. The van der Waals surface area contributed by atoms with Gasteiger partial charge in [-0.15, -0.1) is 0 Å². The van der Waals surface area contributed by atoms with Crippen LogP contribution in [-0.4, -0.2) is 35.9 Å². The second-order valence-corrected chi connectivity index (χ2v) is 5.06. The van der Waals surface area contributed by atoms with Crippen LogP contribution in [0.15, 0.2) is 34.7 Å². The number of furan rings is 1. The molecule has 2 aromatic heterocycles. The van der Waals surface area contributed by atoms with E-state index in [0.29, 0.717) is 0 Å². The summed E-state index contributed by atoms with van der Waals surface area (Å²) in [4.78, 5) is 24.0. The van der Waals surface area contributed by atoms with E-state index in [-0.39, 0.29) is 5.69 Å². The van der Waals surface area contributed by atoms with Crippen molar-refractivity contribution < 1.29 is 36.7 Å². The van der Waals surface area contributed by atoms with Crippen LogP contribution in [0, 0.1) is 0 Å². The van der Waals surface area contributed by atoms with Crippen LogP contribution in [0.5, 0.6) is 0 Å². The molecule has 0 aliphatic rings. The number of fused-ring (bicyclic) bond motifs is 1. The Labute approximate surface area is 143 Å². The predicted molar refractivity (Wildman–Crippen MR) is 81.0 cm³/mol. The monoisotopic (exact) mass is 368 g/mol. The molecule has 0 radical (unpaired) electrons. The molecule has 2 heterocycles. The average Bonchev–Trinajstić information content (AvgIpc) is 3.17. The lowest BCUT2D eigenvalue weighted by Gasteiger charge is -2.05. The van der Waals surface area contributed by atoms with Crippen molar-refractivity contribution in [2.45, 2.75) is 6.18 Å². The number of alkyl halides is 3. The van der Waals surface area contributed by atoms with Gasteiger partial charge < -0.3 is 13.9 Å². The van der Waals surface area contributed by atoms with E-state index in [1.165, 1.54) is 12.1 Å². The van der Waals surface area contributed by atoms with E-state index >= 15 is 0 Å². The first-order valence-electron chi connectivity index (χ1n) is 7.14. The van der Waals surface area contributed by atoms with Gasteiger partial charge in [0, 0.05) is 0 Å². The van der Waals surface area contributed by atoms with E-state index in [9.17, 15) is 22.8 Å². The molecular weight excluding hydrogens is 357 g/mol. The van der Waals surface area contributed by atoms with Gasteiger partial charge >= 0.3 is 18.1 Å². The number of rotatable bonds is 3. The summed E-state index contributed by atoms with van der Waals surface area (Å²) in [5.41, 5.74) is -2.25. The van der Waals surface area contributed by atoms with Crippen LogP contribution in [0.4, 0.5) is 13.2 Å². The standard InChI is InChI=1S/C16H11F3N2O5/c1-24-14(22)9-10-12(16(17,18)19)20-21(8-6-4-3-5-7-8)13(10)26-11(9)15(23)25-2/h3-7H,1-2H3. The Morgan fingerprint density at radius 2 is 1.69 bits per heavy atom. The van der Waals surface area contributed by atoms with E-state index in [2.05, 4.69) is 14.6 Å². The van der Waals surface area contributed by atoms with Gasteiger partial charge in [0.05, 0.1) is 25.3 Å². The summed E-state index contributed by atoms with van der Waals surface area (Å²) in [6.45, 7) is 0. The number of nitrogens with zero attached hydrogens (tertiary/aromatic N) is 2. The maximum atomic E-state index is 13.5. The molecule has 26 heavy (non-hydrogen) atoms. The van der Waals surface area contributed by atoms with Crippen molar-refractivity contribution in [3.8, 4) is 5.69 Å². The highest BCUT2D eigenvalue weighted by Gasteiger charge is 2.43. The molecule has 3 rings (SSSR count). The molecule has 0 bridgehead atoms. The van der Waals surface area contributed by atoms with Crippen molar-refractivity contribution in [3.05, 3.63) is 47.3 Å². The highest BCUT2D eigenvalue weighted by atomic mass is 19.4. The number of aromatic nitrogens is 2. The Hall–Kier alpha value is -3.30. The van der Waals surface area contributed by atoms with Gasteiger partial charge in [-0.2, -0.15) is 23.0 Å². The third-order valence-electron chi connectivity index (χ3n) is 3.55. The minimum absolute atomic E-state index is 0.245. The van der Waals surface area contributed by atoms with Crippen molar-refractivity contribution in [1.82, 2.24) is 9.78 Å². The topological polar surface area (TPSA) is 83.6 Å². The molecule has 0 saturated carbocycles. The molecular formula is C16H11F3N2O5. The Morgan fingerprint density at radius 1 is 1.08 bits per heavy atom. The molecule has 0 aliphatic heterocycles. The number of ether oxygens (including phenoxy) is 2. The molecule has 3 aromatic rings. The zero-order valence-electron chi connectivity index (χ0n) is 13.5. The summed E-state index contributed by atoms with van der Waals surface area (Å²) in [7, 11) is 1.97. The Morgan fingerprint density at radius 3 is 2.23 bits per heavy atom. The van der Waals surface area contributed by atoms with Crippen LogP contribution >= 0.6 is 0 Å². The molecule has 0 unspecified atom stereocenters. The summed E-state index contributed by atoms with van der Waals surface area (Å²) in [6.07, 6.45) is -4.90. The van der Waals surface area contributed by atoms with Gasteiger partial charge in [-0.3, -0.25) is 0 Å². The number of carbonyl (C=O) groups is 2. The van der Waals surface area contributed by atoms with Crippen LogP contribution in [0.3, 0.4) is 0 Å². The third-order valence-corrected chi connectivity index (χ3v) is 3.55. The Balaban J connectivity index is 2.45. The molecule has 136 valence electrons. The molecule has 0 spiro atoms. The van der Waals surface area contributed by atoms with Crippen molar-refractivity contribution >= 4 is 23.0 Å². The van der Waals surface area contributed by atoms with Crippen molar-refractivity contribution in [2.75, 3.05) is 14.2 Å². The van der Waals surface area contributed by atoms with Gasteiger partial charge in [0.15, 0.2) is 5.69 Å². The highest BCUT2D eigenvalue weighted by Crippen LogP contribution is 2.39. The van der Waals surface area contributed by atoms with Gasteiger partial charge in [-0.25, -0.2) is 9.59 Å². The fraction of sp³-hybridized carbons (Fsp3) is 0.188. The molecule has 1 aromatic carbocycles. The third kappa shape index (κ3) is 2.68. The normalized spacial score (nSPS) is 11.6. The second kappa shape index (κ2) is 6.21. The molecule has 0 saturated heterocycles. The first-order valence-corrected chi connectivity index (χ1v) is 7.14. The van der Waals surface area contributed by atoms with Crippen LogP contribution < -0.4 is 0 Å². The fourth-order valence-electron chi connectivity index (χ4n) is 2.46. The van der Waals surface area contributed by atoms with Crippen molar-refractivity contribution in [2.24, 2.45) is 0 Å². The Bertz CT molecular complexity index is 989. The molecule has 0 N–H and O–H groups in total. The molecule has 0 atom stereocenters. The lowest BCUT2D eigenvalue weighted by molar-refractivity contribution is -0.140. The lowest BCUT2D eigenvalue weighted by Crippen LogP contribution is -2.13. The Kier molecular flexibility index (Phi) is 4.18. The number of hydrogen-bond acceptors (Lipinski definition) is 6. The summed E-state index contributed by atoms with van der Waals surface area (Å²) in [5, 5.41) is 2.86. The fourth-order valence-corrected chi connectivity index (χ4v) is 2.46. The van der Waals surface area contributed by atoms with Gasteiger partial charge in [-0.1, -0.05) is 18.2 Å². The lowest BCUT2D eigenvalue weighted by atomic mass is 10.1. The molecule has 0 amide bonds. The summed E-state index contributed by atoms with van der Waals surface area (Å²) < 4.78 is 55.6. The first-order chi connectivity index (χ1) is 12.3. The highest BCUT2D eigenvalue weighted by molar-refractivity contribution is 6.11. The van der Waals surface area contributed by atoms with E-state index in [0.717, 1.165) is 18.9 Å². The second-order valence-electron chi connectivity index (χ2n) is 5.06. The molecule has 0 fully saturated rings. The minimum Gasteiger partial charge on any atom is -0.465 e. The quantitative estimate of drug-likeness (QED) is 0.660. The first kappa shape index (κ1) is 17.5. The van der Waals surface area contributed by atoms with E-state index in [4.69, 9.17) is 4.42 Å². The average molecular weight is 368 g/mol. The van der Waals surface area contributed by atoms with Crippen LogP contribution in [0.2, 0.25) is 0 Å². The largest absolute Gasteiger partial charge is 0.465 e. The van der Waals surface area contributed by atoms with Crippen LogP contribution in [0.25, 0.3) is 16.8 Å². The maximum Gasteiger partial charge on any atom is 0.435 e. The van der Waals surface area contributed by atoms with Gasteiger partial charge in [0.25, 0.3) is 0 Å². The number of hydrogen-bond donors (Lipinski definition) is 0. The van der Waals surface area contributed by atoms with Gasteiger partial charge in [0.1, 0.15) is 5.56 Å². The SMILES string of the molecule is COC(=O)c1oc2c(c(C(F)(F)F)nn2-c2ccccc2)c1C(=O)OC. The number of esters is 2. The summed E-state index contributed by atoms with van der Waals surface area (Å²) >= 11 is 0. The van der Waals surface area contributed by atoms with E-state index in [1.807, 2.05) is 0 Å². The van der Waals surface area contributed by atoms with Crippen molar-refractivity contribution in [3.63, 3.8) is 0 Å². The predicted octanol–water partition coefficient (Wildman–Crippen LogP) is 3.21. The summed E-state index contributed by atoms with van der Waals surface area (Å²) in [6, 6.07) is 7.81. The molecule has 0 aliphatic carbocycles. The zero-order valence-corrected chi connectivity index (χ0v) is 13.5. The number of halogens is 3. The van der Waals surface area contributed by atoms with Crippen LogP contribution in [-0.2, 0) is 15.7 Å². The van der Waals surface area contributed by atoms with Crippen molar-refractivity contribution in [1.29, 1.82) is 0 Å². The van der Waals surface area contributed by atoms with E-state index < -0.39 is 46.2 Å². The van der Waals surface area contributed by atoms with Crippen LogP contribution in [0.1, 0.15) is 26.6 Å². The van der Waals surface area contributed by atoms with E-state index in [1.54, 1.807) is 18.2 Å². The smallest absolute Gasteiger partial charge is 0.435 e. The van der Waals surface area contributed by atoms with Gasteiger partial charge in [0.2, 0.25) is 11.5 Å².